The van der Waals surface area contributed by atoms with E-state index in [2.05, 4.69) is 5.32 Å². The molecule has 0 atom stereocenters. The molecule has 1 amide bonds. The molecule has 0 aliphatic rings. The van der Waals surface area contributed by atoms with Crippen LogP contribution >= 0.6 is 0 Å². The largest absolute Gasteiger partial charge is 0.494 e. The second kappa shape index (κ2) is 11.7. The van der Waals surface area contributed by atoms with Crippen LogP contribution in [0.2, 0.25) is 0 Å². The first-order chi connectivity index (χ1) is 12.5. The number of ether oxygens (including phenoxy) is 3. The number of carbonyl (C=O) groups is 3. The lowest BCUT2D eigenvalue weighted by Crippen LogP contribution is -2.47. The zero-order valence-corrected chi connectivity index (χ0v) is 15.3. The number of nitrogens with one attached hydrogen (secondary N) is 1. The maximum atomic E-state index is 12.0. The molecule has 1 rings (SSSR count). The number of hydrogen-bond acceptors (Lipinski definition) is 6. The summed E-state index contributed by atoms with van der Waals surface area (Å²) in [4.78, 5) is 35.6. The summed E-state index contributed by atoms with van der Waals surface area (Å²) < 4.78 is 15.1. The van der Waals surface area contributed by atoms with Gasteiger partial charge in [0.15, 0.2) is 0 Å². The number of hydrogen-bond donors (Lipinski definition) is 1. The average molecular weight is 363 g/mol. The summed E-state index contributed by atoms with van der Waals surface area (Å²) in [5.41, 5.74) is 0.771. The van der Waals surface area contributed by atoms with Gasteiger partial charge in [-0.15, -0.1) is 0 Å². The quantitative estimate of drug-likeness (QED) is 0.389. The van der Waals surface area contributed by atoms with Gasteiger partial charge in [-0.05, 0) is 44.0 Å². The fourth-order valence-electron chi connectivity index (χ4n) is 1.92. The average Bonchev–Trinajstić information content (AvgIpc) is 2.63. The highest BCUT2D eigenvalue weighted by Crippen LogP contribution is 2.13. The van der Waals surface area contributed by atoms with Crippen molar-refractivity contribution in [2.24, 2.45) is 0 Å². The fourth-order valence-corrected chi connectivity index (χ4v) is 1.92. The van der Waals surface area contributed by atoms with Crippen molar-refractivity contribution in [3.05, 3.63) is 35.9 Å². The molecule has 1 N–H and O–H groups in total. The van der Waals surface area contributed by atoms with Crippen molar-refractivity contribution in [1.82, 2.24) is 5.32 Å². The monoisotopic (exact) mass is 363 g/mol. The van der Waals surface area contributed by atoms with E-state index in [4.69, 9.17) is 14.2 Å². The molecule has 1 aromatic carbocycles. The first-order valence-corrected chi connectivity index (χ1v) is 8.56. The van der Waals surface area contributed by atoms with Gasteiger partial charge in [0.05, 0.1) is 19.8 Å². The molecule has 26 heavy (non-hydrogen) atoms. The van der Waals surface area contributed by atoms with E-state index in [1.165, 1.54) is 6.08 Å². The number of esters is 2. The highest BCUT2D eigenvalue weighted by molar-refractivity contribution is 6.04. The molecule has 0 bridgehead atoms. The molecule has 1 aromatic rings. The van der Waals surface area contributed by atoms with Crippen LogP contribution in [0.25, 0.3) is 6.08 Å². The van der Waals surface area contributed by atoms with E-state index in [1.807, 2.05) is 6.92 Å². The van der Waals surface area contributed by atoms with Gasteiger partial charge in [-0.3, -0.25) is 4.79 Å². The summed E-state index contributed by atoms with van der Waals surface area (Å²) in [6.45, 7) is 6.06. The summed E-state index contributed by atoms with van der Waals surface area (Å²) in [5, 5.41) is 2.30. The van der Waals surface area contributed by atoms with Gasteiger partial charge in [0.25, 0.3) is 0 Å². The van der Waals surface area contributed by atoms with Crippen LogP contribution in [0.3, 0.4) is 0 Å². The van der Waals surface area contributed by atoms with E-state index in [0.717, 1.165) is 17.7 Å². The van der Waals surface area contributed by atoms with Crippen LogP contribution in [0.4, 0.5) is 0 Å². The van der Waals surface area contributed by atoms with Gasteiger partial charge >= 0.3 is 11.9 Å². The number of amides is 1. The molecular weight excluding hydrogens is 338 g/mol. The van der Waals surface area contributed by atoms with Crippen molar-refractivity contribution in [3.63, 3.8) is 0 Å². The Hall–Kier alpha value is -2.83. The molecule has 0 aliphatic carbocycles. The summed E-state index contributed by atoms with van der Waals surface area (Å²) >= 11 is 0. The third kappa shape index (κ3) is 7.38. The molecule has 0 fully saturated rings. The molecule has 0 heterocycles. The van der Waals surface area contributed by atoms with Gasteiger partial charge in [-0.1, -0.05) is 19.1 Å². The third-order valence-electron chi connectivity index (χ3n) is 3.11. The molecule has 0 aliphatic heterocycles. The minimum atomic E-state index is -1.49. The lowest BCUT2D eigenvalue weighted by Gasteiger charge is -2.14. The molecule has 0 saturated carbocycles. The molecule has 0 aromatic heterocycles. The van der Waals surface area contributed by atoms with Crippen LogP contribution in [0, 0.1) is 0 Å². The second-order valence-electron chi connectivity index (χ2n) is 5.20. The first-order valence-electron chi connectivity index (χ1n) is 8.56. The highest BCUT2D eigenvalue weighted by atomic mass is 16.6. The second-order valence-corrected chi connectivity index (χ2v) is 5.20. The smallest absolute Gasteiger partial charge is 0.340 e. The molecule has 0 unspecified atom stereocenters. The van der Waals surface area contributed by atoms with E-state index in [1.54, 1.807) is 44.2 Å². The van der Waals surface area contributed by atoms with Gasteiger partial charge in [-0.2, -0.15) is 0 Å². The maximum Gasteiger partial charge on any atom is 0.340 e. The van der Waals surface area contributed by atoms with E-state index >= 15 is 0 Å². The Morgan fingerprint density at radius 3 is 2.08 bits per heavy atom. The minimum absolute atomic E-state index is 0.0902. The summed E-state index contributed by atoms with van der Waals surface area (Å²) in [6.07, 6.45) is 3.71. The molecule has 0 radical (unpaired) electrons. The highest BCUT2D eigenvalue weighted by Gasteiger charge is 2.30. The Balaban J connectivity index is 2.69. The van der Waals surface area contributed by atoms with Crippen molar-refractivity contribution >= 4 is 23.9 Å². The van der Waals surface area contributed by atoms with Crippen molar-refractivity contribution in [3.8, 4) is 5.75 Å². The molecule has 7 heteroatoms. The predicted octanol–water partition coefficient (Wildman–Crippen LogP) is 2.10. The zero-order chi connectivity index (χ0) is 19.4. The first kappa shape index (κ1) is 21.2. The van der Waals surface area contributed by atoms with Gasteiger partial charge in [0, 0.05) is 6.08 Å². The molecule has 0 saturated heterocycles. The maximum absolute atomic E-state index is 12.0. The Kier molecular flexibility index (Phi) is 9.53. The van der Waals surface area contributed by atoms with E-state index < -0.39 is 23.9 Å². The topological polar surface area (TPSA) is 90.9 Å². The predicted molar refractivity (Wildman–Crippen MR) is 96.5 cm³/mol. The van der Waals surface area contributed by atoms with Crippen LogP contribution in [0.1, 0.15) is 32.8 Å². The van der Waals surface area contributed by atoms with E-state index in [-0.39, 0.29) is 13.2 Å². The Morgan fingerprint density at radius 1 is 1.00 bits per heavy atom. The summed E-state index contributed by atoms with van der Waals surface area (Å²) in [6, 6.07) is 5.70. The van der Waals surface area contributed by atoms with Crippen molar-refractivity contribution in [2.45, 2.75) is 33.2 Å². The molecule has 7 nitrogen and oxygen atoms in total. The lowest BCUT2D eigenvalue weighted by atomic mass is 10.2. The summed E-state index contributed by atoms with van der Waals surface area (Å²) in [7, 11) is 0. The van der Waals surface area contributed by atoms with Crippen molar-refractivity contribution < 1.29 is 28.6 Å². The molecule has 142 valence electrons. The Morgan fingerprint density at radius 2 is 1.58 bits per heavy atom. The lowest BCUT2D eigenvalue weighted by molar-refractivity contribution is -0.159. The third-order valence-corrected chi connectivity index (χ3v) is 3.11. The number of benzene rings is 1. The van der Waals surface area contributed by atoms with Crippen LogP contribution < -0.4 is 10.1 Å². The molecule has 0 spiro atoms. The van der Waals surface area contributed by atoms with Crippen LogP contribution in [0.5, 0.6) is 5.75 Å². The van der Waals surface area contributed by atoms with Crippen molar-refractivity contribution in [2.75, 3.05) is 19.8 Å². The number of rotatable bonds is 10. The van der Waals surface area contributed by atoms with Gasteiger partial charge in [0.2, 0.25) is 11.9 Å². The van der Waals surface area contributed by atoms with Gasteiger partial charge in [-0.25, -0.2) is 9.59 Å². The van der Waals surface area contributed by atoms with E-state index in [9.17, 15) is 14.4 Å². The Bertz CT molecular complexity index is 605. The van der Waals surface area contributed by atoms with Crippen LogP contribution in [0.15, 0.2) is 30.3 Å². The van der Waals surface area contributed by atoms with Gasteiger partial charge < -0.3 is 19.5 Å². The standard InChI is InChI=1S/C19H25NO6/c1-4-13-26-15-10-7-14(8-11-15)9-12-16(21)20-17(18(22)24-5-2)19(23)25-6-3/h7-12,17H,4-6,13H2,1-3H3,(H,20,21)/b12-9+. The summed E-state index contributed by atoms with van der Waals surface area (Å²) in [5.74, 6) is -1.57. The SMILES string of the molecule is CCCOc1ccc(/C=C/C(=O)NC(C(=O)OCC)C(=O)OCC)cc1. The molecular formula is C19H25NO6. The van der Waals surface area contributed by atoms with Gasteiger partial charge in [0.1, 0.15) is 5.75 Å². The normalized spacial score (nSPS) is 10.6. The fraction of sp³-hybridized carbons (Fsp3) is 0.421. The van der Waals surface area contributed by atoms with Crippen LogP contribution in [-0.2, 0) is 23.9 Å². The number of carbonyl (C=O) groups excluding carboxylic acids is 3. The van der Waals surface area contributed by atoms with E-state index in [0.29, 0.717) is 6.61 Å². The minimum Gasteiger partial charge on any atom is -0.494 e. The van der Waals surface area contributed by atoms with Crippen LogP contribution in [-0.4, -0.2) is 43.7 Å². The zero-order valence-electron chi connectivity index (χ0n) is 15.3. The van der Waals surface area contributed by atoms with Crippen molar-refractivity contribution in [1.29, 1.82) is 0 Å². The Labute approximate surface area is 153 Å².